The summed E-state index contributed by atoms with van der Waals surface area (Å²) in [6.07, 6.45) is 0.200. The molecule has 0 bridgehead atoms. The fourth-order valence-corrected chi connectivity index (χ4v) is 1.05. The van der Waals surface area contributed by atoms with Crippen molar-refractivity contribution in [3.63, 3.8) is 0 Å². The van der Waals surface area contributed by atoms with Gasteiger partial charge in [-0.2, -0.15) is 5.26 Å². The van der Waals surface area contributed by atoms with Gasteiger partial charge < -0.3 is 4.90 Å². The van der Waals surface area contributed by atoms with Crippen molar-refractivity contribution in [3.05, 3.63) is 0 Å². The third kappa shape index (κ3) is 1.37. The molecule has 5 nitrogen and oxygen atoms in total. The molecule has 1 aliphatic heterocycles. The van der Waals surface area contributed by atoms with E-state index in [1.54, 1.807) is 7.05 Å². The zero-order valence-electron chi connectivity index (χ0n) is 6.78. The smallest absolute Gasteiger partial charge is 0.318 e. The zero-order chi connectivity index (χ0) is 9.14. The van der Waals surface area contributed by atoms with Crippen LogP contribution in [0.3, 0.4) is 0 Å². The van der Waals surface area contributed by atoms with Crippen LogP contribution < -0.4 is 0 Å². The summed E-state index contributed by atoms with van der Waals surface area (Å²) in [5.74, 6) is -0.224. The van der Waals surface area contributed by atoms with Gasteiger partial charge in [-0.25, -0.2) is 4.79 Å². The third-order valence-corrected chi connectivity index (χ3v) is 1.68. The summed E-state index contributed by atoms with van der Waals surface area (Å²) < 4.78 is 0. The maximum absolute atomic E-state index is 11.1. The molecule has 0 saturated carbocycles. The predicted molar refractivity (Wildman–Crippen MR) is 40.0 cm³/mol. The van der Waals surface area contributed by atoms with E-state index in [2.05, 4.69) is 0 Å². The Balaban J connectivity index is 2.59. The van der Waals surface area contributed by atoms with E-state index >= 15 is 0 Å². The van der Waals surface area contributed by atoms with Crippen molar-refractivity contribution >= 4 is 11.9 Å². The highest BCUT2D eigenvalue weighted by molar-refractivity contribution is 6.01. The molecule has 0 aromatic rings. The first-order valence-electron chi connectivity index (χ1n) is 3.59. The van der Waals surface area contributed by atoms with E-state index in [-0.39, 0.29) is 31.4 Å². The van der Waals surface area contributed by atoms with Crippen LogP contribution >= 0.6 is 0 Å². The quantitative estimate of drug-likeness (QED) is 0.535. The van der Waals surface area contributed by atoms with Crippen molar-refractivity contribution in [1.29, 1.82) is 5.26 Å². The van der Waals surface area contributed by atoms with Crippen LogP contribution in [0.1, 0.15) is 6.42 Å². The van der Waals surface area contributed by atoms with E-state index in [1.165, 1.54) is 4.90 Å². The second kappa shape index (κ2) is 3.22. The molecule has 64 valence electrons. The van der Waals surface area contributed by atoms with Crippen LogP contribution in [0.25, 0.3) is 0 Å². The lowest BCUT2D eigenvalue weighted by atomic mass is 10.4. The number of amides is 3. The molecule has 1 heterocycles. The SMILES string of the molecule is CN1CC(=O)N(CCC#N)C1=O. The number of hydrogen-bond donors (Lipinski definition) is 0. The van der Waals surface area contributed by atoms with Gasteiger partial charge in [0.15, 0.2) is 0 Å². The lowest BCUT2D eigenvalue weighted by Gasteiger charge is -2.11. The Morgan fingerprint density at radius 1 is 1.58 bits per heavy atom. The van der Waals surface area contributed by atoms with Gasteiger partial charge in [0.2, 0.25) is 5.91 Å². The molecular weight excluding hydrogens is 158 g/mol. The second-order valence-corrected chi connectivity index (χ2v) is 2.59. The minimum atomic E-state index is -0.310. The largest absolute Gasteiger partial charge is 0.326 e. The molecule has 0 unspecified atom stereocenters. The van der Waals surface area contributed by atoms with Gasteiger partial charge in [-0.3, -0.25) is 9.69 Å². The highest BCUT2D eigenvalue weighted by Gasteiger charge is 2.32. The van der Waals surface area contributed by atoms with Crippen molar-refractivity contribution < 1.29 is 9.59 Å². The van der Waals surface area contributed by atoms with Crippen LogP contribution in [0.2, 0.25) is 0 Å². The highest BCUT2D eigenvalue weighted by atomic mass is 16.2. The number of rotatable bonds is 2. The van der Waals surface area contributed by atoms with E-state index in [0.29, 0.717) is 0 Å². The predicted octanol–water partition coefficient (Wildman–Crippen LogP) is -0.206. The normalized spacial score (nSPS) is 17.0. The highest BCUT2D eigenvalue weighted by Crippen LogP contribution is 2.07. The number of imide groups is 1. The Hall–Kier alpha value is -1.57. The maximum Gasteiger partial charge on any atom is 0.326 e. The minimum absolute atomic E-state index is 0.129. The monoisotopic (exact) mass is 167 g/mol. The summed E-state index contributed by atoms with van der Waals surface area (Å²) in [6, 6.07) is 1.58. The van der Waals surface area contributed by atoms with Gasteiger partial charge >= 0.3 is 6.03 Å². The number of nitrogens with zero attached hydrogens (tertiary/aromatic N) is 3. The van der Waals surface area contributed by atoms with Crippen LogP contribution in [-0.4, -0.2) is 41.9 Å². The Kier molecular flexibility index (Phi) is 2.29. The van der Waals surface area contributed by atoms with Gasteiger partial charge in [0.1, 0.15) is 6.54 Å². The van der Waals surface area contributed by atoms with E-state index in [4.69, 9.17) is 5.26 Å². The Bertz CT molecular complexity index is 256. The van der Waals surface area contributed by atoms with Crippen LogP contribution in [0.4, 0.5) is 4.79 Å². The number of likely N-dealkylation sites (N-methyl/N-ethyl adjacent to an activating group) is 1. The van der Waals surface area contributed by atoms with Crippen LogP contribution in [-0.2, 0) is 4.79 Å². The summed E-state index contributed by atoms with van der Waals surface area (Å²) in [5, 5.41) is 8.25. The van der Waals surface area contributed by atoms with Crippen LogP contribution in [0.5, 0.6) is 0 Å². The van der Waals surface area contributed by atoms with Crippen molar-refractivity contribution in [2.45, 2.75) is 6.42 Å². The van der Waals surface area contributed by atoms with Gasteiger partial charge in [0.25, 0.3) is 0 Å². The molecule has 1 saturated heterocycles. The molecule has 1 fully saturated rings. The molecule has 0 atom stereocenters. The molecule has 0 N–H and O–H groups in total. The number of nitriles is 1. The first-order chi connectivity index (χ1) is 5.66. The summed E-state index contributed by atoms with van der Waals surface area (Å²) >= 11 is 0. The second-order valence-electron chi connectivity index (χ2n) is 2.59. The molecule has 0 aliphatic carbocycles. The average molecular weight is 167 g/mol. The Morgan fingerprint density at radius 3 is 2.67 bits per heavy atom. The van der Waals surface area contributed by atoms with Crippen molar-refractivity contribution in [2.75, 3.05) is 20.1 Å². The van der Waals surface area contributed by atoms with Crippen molar-refractivity contribution in [3.8, 4) is 6.07 Å². The van der Waals surface area contributed by atoms with Gasteiger partial charge in [-0.05, 0) is 0 Å². The maximum atomic E-state index is 11.1. The molecule has 5 heteroatoms. The molecule has 0 radical (unpaired) electrons. The van der Waals surface area contributed by atoms with E-state index in [1.807, 2.05) is 6.07 Å². The van der Waals surface area contributed by atoms with Crippen LogP contribution in [0, 0.1) is 11.3 Å². The van der Waals surface area contributed by atoms with Gasteiger partial charge in [0, 0.05) is 13.6 Å². The molecule has 0 aromatic heterocycles. The lowest BCUT2D eigenvalue weighted by molar-refractivity contribution is -0.125. The summed E-state index contributed by atoms with van der Waals surface area (Å²) in [5.41, 5.74) is 0. The van der Waals surface area contributed by atoms with Gasteiger partial charge in [0.05, 0.1) is 12.5 Å². The molecule has 1 aliphatic rings. The summed E-state index contributed by atoms with van der Waals surface area (Å²) in [4.78, 5) is 24.6. The number of carbonyl (C=O) groups is 2. The lowest BCUT2D eigenvalue weighted by Crippen LogP contribution is -2.32. The first kappa shape index (κ1) is 8.53. The Morgan fingerprint density at radius 2 is 2.25 bits per heavy atom. The van der Waals surface area contributed by atoms with Crippen molar-refractivity contribution in [2.24, 2.45) is 0 Å². The number of hydrogen-bond acceptors (Lipinski definition) is 3. The zero-order valence-corrected chi connectivity index (χ0v) is 6.78. The van der Waals surface area contributed by atoms with Crippen LogP contribution in [0.15, 0.2) is 0 Å². The topological polar surface area (TPSA) is 64.4 Å². The van der Waals surface area contributed by atoms with E-state index in [9.17, 15) is 9.59 Å². The molecule has 3 amide bonds. The third-order valence-electron chi connectivity index (χ3n) is 1.68. The van der Waals surface area contributed by atoms with Gasteiger partial charge in [-0.15, -0.1) is 0 Å². The van der Waals surface area contributed by atoms with Gasteiger partial charge in [-0.1, -0.05) is 0 Å². The molecule has 1 rings (SSSR count). The standard InChI is InChI=1S/C7H9N3O2/c1-9-5-6(11)10(7(9)12)4-2-3-8/h2,4-5H2,1H3. The van der Waals surface area contributed by atoms with Crippen molar-refractivity contribution in [1.82, 2.24) is 9.80 Å². The fourth-order valence-electron chi connectivity index (χ4n) is 1.05. The summed E-state index contributed by atoms with van der Waals surface area (Å²) in [7, 11) is 1.56. The molecular formula is C7H9N3O2. The first-order valence-corrected chi connectivity index (χ1v) is 3.59. The summed E-state index contributed by atoms with van der Waals surface area (Å²) in [6.45, 7) is 0.336. The van der Waals surface area contributed by atoms with E-state index in [0.717, 1.165) is 4.90 Å². The number of carbonyl (C=O) groups excluding carboxylic acids is 2. The molecule has 12 heavy (non-hydrogen) atoms. The molecule has 0 spiro atoms. The Labute approximate surface area is 70.2 Å². The minimum Gasteiger partial charge on any atom is -0.318 e. The number of urea groups is 1. The average Bonchev–Trinajstić information content (AvgIpc) is 2.25. The van der Waals surface area contributed by atoms with E-state index < -0.39 is 0 Å². The fraction of sp³-hybridized carbons (Fsp3) is 0.571. The molecule has 0 aromatic carbocycles.